The van der Waals surface area contributed by atoms with Crippen molar-refractivity contribution >= 4 is 28.2 Å². The minimum atomic E-state index is -0.00922. The van der Waals surface area contributed by atoms with Crippen LogP contribution in [0.5, 0.6) is 0 Å². The van der Waals surface area contributed by atoms with Crippen molar-refractivity contribution in [2.24, 2.45) is 5.92 Å². The summed E-state index contributed by atoms with van der Waals surface area (Å²) in [4.78, 5) is 19.1. The standard InChI is InChI=1S/C14H22N4OS/c1-9(2)7-16-14-17-12(15)11(20-14)13(19)18-6-4-5-10(3)8-18/h5,9H,4,6-8,15H2,1-3H3,(H,16,17). The third kappa shape index (κ3) is 3.50. The van der Waals surface area contributed by atoms with E-state index in [0.29, 0.717) is 23.2 Å². The first kappa shape index (κ1) is 14.8. The van der Waals surface area contributed by atoms with Crippen LogP contribution in [0.1, 0.15) is 36.9 Å². The van der Waals surface area contributed by atoms with Crippen LogP contribution in [0.2, 0.25) is 0 Å². The number of nitrogens with zero attached hydrogens (tertiary/aromatic N) is 2. The maximum atomic E-state index is 12.5. The number of carbonyl (C=O) groups excluding carboxylic acids is 1. The molecule has 2 rings (SSSR count). The van der Waals surface area contributed by atoms with Gasteiger partial charge >= 0.3 is 0 Å². The van der Waals surface area contributed by atoms with Crippen LogP contribution in [-0.2, 0) is 0 Å². The molecule has 0 bridgehead atoms. The third-order valence-electron chi connectivity index (χ3n) is 3.13. The Kier molecular flexibility index (Phi) is 4.65. The number of hydrogen-bond acceptors (Lipinski definition) is 5. The first-order valence-corrected chi connectivity index (χ1v) is 7.74. The van der Waals surface area contributed by atoms with Gasteiger partial charge in [0.1, 0.15) is 10.7 Å². The van der Waals surface area contributed by atoms with Crippen molar-refractivity contribution in [2.75, 3.05) is 30.7 Å². The Balaban J connectivity index is 2.08. The second-order valence-corrected chi connectivity index (χ2v) is 6.57. The van der Waals surface area contributed by atoms with Crippen molar-refractivity contribution < 1.29 is 4.79 Å². The minimum Gasteiger partial charge on any atom is -0.382 e. The molecule has 0 atom stereocenters. The quantitative estimate of drug-likeness (QED) is 0.837. The van der Waals surface area contributed by atoms with Crippen molar-refractivity contribution in [3.05, 3.63) is 16.5 Å². The largest absolute Gasteiger partial charge is 0.382 e. The van der Waals surface area contributed by atoms with Crippen molar-refractivity contribution in [3.8, 4) is 0 Å². The second-order valence-electron chi connectivity index (χ2n) is 5.57. The van der Waals surface area contributed by atoms with Crippen LogP contribution in [0.25, 0.3) is 0 Å². The summed E-state index contributed by atoms with van der Waals surface area (Å²) in [5.41, 5.74) is 7.11. The number of nitrogens with one attached hydrogen (secondary N) is 1. The summed E-state index contributed by atoms with van der Waals surface area (Å²) in [6, 6.07) is 0. The summed E-state index contributed by atoms with van der Waals surface area (Å²) in [6.07, 6.45) is 3.09. The molecule has 0 unspecified atom stereocenters. The predicted molar refractivity (Wildman–Crippen MR) is 84.1 cm³/mol. The molecule has 3 N–H and O–H groups in total. The zero-order valence-corrected chi connectivity index (χ0v) is 13.1. The molecule has 1 aliphatic heterocycles. The lowest BCUT2D eigenvalue weighted by atomic mass is 10.1. The predicted octanol–water partition coefficient (Wildman–Crippen LogP) is 2.59. The van der Waals surface area contributed by atoms with Gasteiger partial charge in [0, 0.05) is 19.6 Å². The summed E-state index contributed by atoms with van der Waals surface area (Å²) in [7, 11) is 0. The molecule has 0 saturated carbocycles. The maximum Gasteiger partial charge on any atom is 0.268 e. The van der Waals surface area contributed by atoms with E-state index >= 15 is 0 Å². The lowest BCUT2D eigenvalue weighted by molar-refractivity contribution is 0.0771. The topological polar surface area (TPSA) is 71.2 Å². The molecule has 0 radical (unpaired) electrons. The van der Waals surface area contributed by atoms with E-state index in [1.807, 2.05) is 11.8 Å². The lowest BCUT2D eigenvalue weighted by Gasteiger charge is -2.25. The van der Waals surface area contributed by atoms with Gasteiger partial charge in [0.25, 0.3) is 5.91 Å². The molecule has 1 aliphatic rings. The summed E-state index contributed by atoms with van der Waals surface area (Å²) in [6.45, 7) is 8.56. The normalized spacial score (nSPS) is 15.4. The van der Waals surface area contributed by atoms with Crippen molar-refractivity contribution in [3.63, 3.8) is 0 Å². The van der Waals surface area contributed by atoms with E-state index in [2.05, 4.69) is 30.2 Å². The Bertz CT molecular complexity index is 521. The summed E-state index contributed by atoms with van der Waals surface area (Å²) >= 11 is 1.35. The number of nitrogens with two attached hydrogens (primary N) is 1. The molecule has 5 nitrogen and oxygen atoms in total. The minimum absolute atomic E-state index is 0.00922. The first-order valence-electron chi connectivity index (χ1n) is 6.92. The molecular weight excluding hydrogens is 272 g/mol. The Labute approximate surface area is 123 Å². The number of nitrogen functional groups attached to an aromatic ring is 1. The van der Waals surface area contributed by atoms with Gasteiger partial charge in [-0.15, -0.1) is 0 Å². The lowest BCUT2D eigenvalue weighted by Crippen LogP contribution is -2.35. The first-order chi connectivity index (χ1) is 9.47. The Morgan fingerprint density at radius 1 is 1.60 bits per heavy atom. The molecule has 0 aromatic carbocycles. The fourth-order valence-corrected chi connectivity index (χ4v) is 2.94. The van der Waals surface area contributed by atoms with Crippen LogP contribution < -0.4 is 11.1 Å². The fourth-order valence-electron chi connectivity index (χ4n) is 2.08. The van der Waals surface area contributed by atoms with Gasteiger partial charge in [-0.2, -0.15) is 0 Å². The van der Waals surface area contributed by atoms with E-state index in [4.69, 9.17) is 5.73 Å². The van der Waals surface area contributed by atoms with E-state index in [1.165, 1.54) is 16.9 Å². The van der Waals surface area contributed by atoms with Crippen molar-refractivity contribution in [1.82, 2.24) is 9.88 Å². The van der Waals surface area contributed by atoms with Gasteiger partial charge in [-0.05, 0) is 19.3 Å². The third-order valence-corrected chi connectivity index (χ3v) is 4.15. The zero-order chi connectivity index (χ0) is 14.7. The molecule has 2 heterocycles. The average molecular weight is 294 g/mol. The SMILES string of the molecule is CC1=CCCN(C(=O)c2sc(NCC(C)C)nc2N)C1. The van der Waals surface area contributed by atoms with Crippen molar-refractivity contribution in [2.45, 2.75) is 27.2 Å². The van der Waals surface area contributed by atoms with Gasteiger partial charge in [-0.1, -0.05) is 36.8 Å². The van der Waals surface area contributed by atoms with E-state index in [1.54, 1.807) is 0 Å². The summed E-state index contributed by atoms with van der Waals surface area (Å²) in [5, 5.41) is 3.94. The number of rotatable bonds is 4. The molecule has 0 aliphatic carbocycles. The van der Waals surface area contributed by atoms with Gasteiger partial charge in [0.15, 0.2) is 5.13 Å². The van der Waals surface area contributed by atoms with Crippen LogP contribution >= 0.6 is 11.3 Å². The molecular formula is C14H22N4OS. The number of aromatic nitrogens is 1. The number of hydrogen-bond donors (Lipinski definition) is 2. The van der Waals surface area contributed by atoms with Gasteiger partial charge in [-0.25, -0.2) is 4.98 Å². The molecule has 20 heavy (non-hydrogen) atoms. The molecule has 0 saturated heterocycles. The van der Waals surface area contributed by atoms with Gasteiger partial charge < -0.3 is 16.0 Å². The molecule has 1 aromatic heterocycles. The van der Waals surface area contributed by atoms with E-state index in [9.17, 15) is 4.79 Å². The molecule has 0 fully saturated rings. The maximum absolute atomic E-state index is 12.5. The van der Waals surface area contributed by atoms with Gasteiger partial charge in [0.05, 0.1) is 0 Å². The smallest absolute Gasteiger partial charge is 0.268 e. The molecule has 1 aromatic rings. The Morgan fingerprint density at radius 2 is 2.35 bits per heavy atom. The van der Waals surface area contributed by atoms with E-state index < -0.39 is 0 Å². The highest BCUT2D eigenvalue weighted by atomic mass is 32.1. The number of carbonyl (C=O) groups is 1. The van der Waals surface area contributed by atoms with Crippen LogP contribution in [-0.4, -0.2) is 35.4 Å². The van der Waals surface area contributed by atoms with Crippen LogP contribution in [0, 0.1) is 5.92 Å². The zero-order valence-electron chi connectivity index (χ0n) is 12.3. The van der Waals surface area contributed by atoms with Crippen LogP contribution in [0.15, 0.2) is 11.6 Å². The molecule has 1 amide bonds. The Morgan fingerprint density at radius 3 is 3.00 bits per heavy atom. The number of anilines is 2. The highest BCUT2D eigenvalue weighted by Crippen LogP contribution is 2.27. The summed E-state index contributed by atoms with van der Waals surface area (Å²) < 4.78 is 0. The number of thiazole rings is 1. The number of amides is 1. The molecule has 110 valence electrons. The van der Waals surface area contributed by atoms with Crippen molar-refractivity contribution in [1.29, 1.82) is 0 Å². The molecule has 6 heteroatoms. The highest BCUT2D eigenvalue weighted by molar-refractivity contribution is 7.18. The second kappa shape index (κ2) is 6.26. The monoisotopic (exact) mass is 294 g/mol. The van der Waals surface area contributed by atoms with Gasteiger partial charge in [-0.3, -0.25) is 4.79 Å². The van der Waals surface area contributed by atoms with Crippen LogP contribution in [0.4, 0.5) is 10.9 Å². The van der Waals surface area contributed by atoms with E-state index in [0.717, 1.165) is 24.6 Å². The fraction of sp³-hybridized carbons (Fsp3) is 0.571. The van der Waals surface area contributed by atoms with Crippen LogP contribution in [0.3, 0.4) is 0 Å². The van der Waals surface area contributed by atoms with E-state index in [-0.39, 0.29) is 5.91 Å². The average Bonchev–Trinajstić information content (AvgIpc) is 2.77. The summed E-state index contributed by atoms with van der Waals surface area (Å²) in [5.74, 6) is 0.845. The molecule has 0 spiro atoms. The Hall–Kier alpha value is -1.56. The van der Waals surface area contributed by atoms with Gasteiger partial charge in [0.2, 0.25) is 0 Å². The highest BCUT2D eigenvalue weighted by Gasteiger charge is 2.23.